The van der Waals surface area contributed by atoms with Crippen molar-refractivity contribution in [1.82, 2.24) is 9.88 Å². The van der Waals surface area contributed by atoms with Gasteiger partial charge in [-0.05, 0) is 18.2 Å². The number of methoxy groups -OCH3 is 1. The fourth-order valence-corrected chi connectivity index (χ4v) is 3.72. The summed E-state index contributed by atoms with van der Waals surface area (Å²) in [6.45, 7) is 1.26. The van der Waals surface area contributed by atoms with Crippen LogP contribution in [-0.2, 0) is 22.6 Å². The number of fused-ring (bicyclic) bond motifs is 3. The van der Waals surface area contributed by atoms with Crippen LogP contribution in [0.2, 0.25) is 0 Å². The summed E-state index contributed by atoms with van der Waals surface area (Å²) in [6.07, 6.45) is 1.15. The molecule has 1 aliphatic heterocycles. The Bertz CT molecular complexity index is 1020. The van der Waals surface area contributed by atoms with E-state index in [-0.39, 0.29) is 24.7 Å². The smallest absolute Gasteiger partial charge is 0.224 e. The van der Waals surface area contributed by atoms with Crippen molar-refractivity contribution in [1.29, 1.82) is 0 Å². The Morgan fingerprint density at radius 2 is 1.89 bits per heavy atom. The van der Waals surface area contributed by atoms with Crippen molar-refractivity contribution < 1.29 is 14.3 Å². The summed E-state index contributed by atoms with van der Waals surface area (Å²) >= 11 is 0. The summed E-state index contributed by atoms with van der Waals surface area (Å²) in [5.41, 5.74) is 4.12. The number of nitrogens with zero attached hydrogens (tertiary/aromatic N) is 1. The summed E-state index contributed by atoms with van der Waals surface area (Å²) < 4.78 is 5.23. The van der Waals surface area contributed by atoms with Crippen molar-refractivity contribution in [2.24, 2.45) is 0 Å². The standard InChI is InChI=1S/C22H23N3O3/c1-28-20-9-5-4-8-19(20)24-21(26)10-11-22(27)25-13-12-18-16(14-25)15-6-2-3-7-17(15)23-18/h2-9,23H,10-14H2,1H3,(H,24,26). The van der Waals surface area contributed by atoms with E-state index in [2.05, 4.69) is 22.4 Å². The predicted octanol–water partition coefficient (Wildman–Crippen LogP) is 3.48. The van der Waals surface area contributed by atoms with E-state index in [0.717, 1.165) is 11.9 Å². The summed E-state index contributed by atoms with van der Waals surface area (Å²) in [5, 5.41) is 3.99. The van der Waals surface area contributed by atoms with Gasteiger partial charge < -0.3 is 19.9 Å². The molecule has 2 aromatic carbocycles. The molecule has 0 unspecified atom stereocenters. The molecule has 2 N–H and O–H groups in total. The van der Waals surface area contributed by atoms with Crippen LogP contribution in [0, 0.1) is 0 Å². The van der Waals surface area contributed by atoms with Gasteiger partial charge in [0.2, 0.25) is 11.8 Å². The summed E-state index contributed by atoms with van der Waals surface area (Å²) in [4.78, 5) is 30.2. The SMILES string of the molecule is COc1ccccc1NC(=O)CCC(=O)N1CCc2[nH]c3ccccc3c2C1. The Hall–Kier alpha value is -3.28. The highest BCUT2D eigenvalue weighted by Crippen LogP contribution is 2.28. The third-order valence-electron chi connectivity index (χ3n) is 5.18. The minimum Gasteiger partial charge on any atom is -0.495 e. The number of anilines is 1. The van der Waals surface area contributed by atoms with Crippen LogP contribution in [0.4, 0.5) is 5.69 Å². The second kappa shape index (κ2) is 7.76. The molecule has 144 valence electrons. The summed E-state index contributed by atoms with van der Waals surface area (Å²) in [6, 6.07) is 15.4. The van der Waals surface area contributed by atoms with Gasteiger partial charge in [-0.25, -0.2) is 0 Å². The highest BCUT2D eigenvalue weighted by molar-refractivity contribution is 5.94. The molecule has 0 aliphatic carbocycles. The highest BCUT2D eigenvalue weighted by atomic mass is 16.5. The predicted molar refractivity (Wildman–Crippen MR) is 108 cm³/mol. The number of hydrogen-bond donors (Lipinski definition) is 2. The zero-order valence-corrected chi connectivity index (χ0v) is 15.8. The molecule has 0 radical (unpaired) electrons. The molecule has 1 aromatic heterocycles. The molecule has 0 spiro atoms. The average molecular weight is 377 g/mol. The topological polar surface area (TPSA) is 74.4 Å². The number of nitrogens with one attached hydrogen (secondary N) is 2. The first kappa shape index (κ1) is 18.1. The molecule has 0 fully saturated rings. The molecule has 2 heterocycles. The third kappa shape index (κ3) is 3.58. The second-order valence-electron chi connectivity index (χ2n) is 6.94. The normalized spacial score (nSPS) is 13.2. The number of H-pyrrole nitrogens is 1. The first-order valence-corrected chi connectivity index (χ1v) is 9.45. The van der Waals surface area contributed by atoms with Crippen molar-refractivity contribution in [2.45, 2.75) is 25.8 Å². The zero-order chi connectivity index (χ0) is 19.5. The third-order valence-corrected chi connectivity index (χ3v) is 5.18. The minimum atomic E-state index is -0.192. The van der Waals surface area contributed by atoms with Crippen molar-refractivity contribution in [3.05, 3.63) is 59.8 Å². The van der Waals surface area contributed by atoms with Gasteiger partial charge in [-0.3, -0.25) is 9.59 Å². The van der Waals surface area contributed by atoms with Crippen LogP contribution in [0.5, 0.6) is 5.75 Å². The second-order valence-corrected chi connectivity index (χ2v) is 6.94. The van der Waals surface area contributed by atoms with Gasteiger partial charge in [-0.15, -0.1) is 0 Å². The number of carbonyl (C=O) groups excluding carboxylic acids is 2. The fraction of sp³-hybridized carbons (Fsp3) is 0.273. The largest absolute Gasteiger partial charge is 0.495 e. The number of para-hydroxylation sites is 3. The van der Waals surface area contributed by atoms with Crippen LogP contribution < -0.4 is 10.1 Å². The van der Waals surface area contributed by atoms with E-state index >= 15 is 0 Å². The van der Waals surface area contributed by atoms with Crippen LogP contribution in [0.1, 0.15) is 24.1 Å². The lowest BCUT2D eigenvalue weighted by atomic mass is 10.0. The van der Waals surface area contributed by atoms with E-state index in [0.29, 0.717) is 24.5 Å². The number of hydrogen-bond acceptors (Lipinski definition) is 3. The van der Waals surface area contributed by atoms with Crippen molar-refractivity contribution in [3.8, 4) is 5.75 Å². The van der Waals surface area contributed by atoms with E-state index in [1.807, 2.05) is 29.2 Å². The molecule has 0 saturated carbocycles. The maximum absolute atomic E-state index is 12.7. The van der Waals surface area contributed by atoms with E-state index in [9.17, 15) is 9.59 Å². The molecule has 28 heavy (non-hydrogen) atoms. The van der Waals surface area contributed by atoms with E-state index in [4.69, 9.17) is 4.74 Å². The Balaban J connectivity index is 1.36. The molecule has 0 atom stereocenters. The van der Waals surface area contributed by atoms with Crippen LogP contribution in [0.25, 0.3) is 10.9 Å². The van der Waals surface area contributed by atoms with Crippen LogP contribution in [-0.4, -0.2) is 35.4 Å². The van der Waals surface area contributed by atoms with Gasteiger partial charge in [0.05, 0.1) is 12.8 Å². The van der Waals surface area contributed by atoms with Gasteiger partial charge in [0.1, 0.15) is 5.75 Å². The minimum absolute atomic E-state index is 0.00566. The number of rotatable bonds is 5. The Kier molecular flexibility index (Phi) is 5.02. The maximum Gasteiger partial charge on any atom is 0.224 e. The molecular formula is C22H23N3O3. The van der Waals surface area contributed by atoms with Crippen molar-refractivity contribution in [2.75, 3.05) is 19.0 Å². The number of ether oxygens (including phenoxy) is 1. The van der Waals surface area contributed by atoms with Gasteiger partial charge in [0.25, 0.3) is 0 Å². The monoisotopic (exact) mass is 377 g/mol. The Morgan fingerprint density at radius 3 is 2.75 bits per heavy atom. The molecule has 2 amide bonds. The highest BCUT2D eigenvalue weighted by Gasteiger charge is 2.24. The number of aromatic nitrogens is 1. The summed E-state index contributed by atoms with van der Waals surface area (Å²) in [7, 11) is 1.56. The van der Waals surface area contributed by atoms with Gasteiger partial charge in [0, 0.05) is 54.5 Å². The molecule has 0 saturated heterocycles. The van der Waals surface area contributed by atoms with E-state index in [1.54, 1.807) is 19.2 Å². The number of carbonyl (C=O) groups is 2. The molecular weight excluding hydrogens is 354 g/mol. The van der Waals surface area contributed by atoms with Crippen LogP contribution in [0.3, 0.4) is 0 Å². The maximum atomic E-state index is 12.7. The Morgan fingerprint density at radius 1 is 1.11 bits per heavy atom. The fourth-order valence-electron chi connectivity index (χ4n) is 3.72. The van der Waals surface area contributed by atoms with E-state index in [1.165, 1.54) is 16.6 Å². The molecule has 6 heteroatoms. The first-order valence-electron chi connectivity index (χ1n) is 9.45. The number of aromatic amines is 1. The average Bonchev–Trinajstić information content (AvgIpc) is 3.10. The molecule has 0 bridgehead atoms. The molecule has 3 aromatic rings. The zero-order valence-electron chi connectivity index (χ0n) is 15.8. The Labute approximate surface area is 163 Å². The molecule has 1 aliphatic rings. The van der Waals surface area contributed by atoms with Crippen LogP contribution >= 0.6 is 0 Å². The van der Waals surface area contributed by atoms with Crippen molar-refractivity contribution in [3.63, 3.8) is 0 Å². The summed E-state index contributed by atoms with van der Waals surface area (Å²) in [5.74, 6) is 0.416. The van der Waals surface area contributed by atoms with Crippen LogP contribution in [0.15, 0.2) is 48.5 Å². The molecule has 6 nitrogen and oxygen atoms in total. The van der Waals surface area contributed by atoms with Gasteiger partial charge >= 0.3 is 0 Å². The number of amides is 2. The lowest BCUT2D eigenvalue weighted by Gasteiger charge is -2.27. The first-order chi connectivity index (χ1) is 13.7. The lowest BCUT2D eigenvalue weighted by molar-refractivity contribution is -0.133. The van der Waals surface area contributed by atoms with Gasteiger partial charge in [0.15, 0.2) is 0 Å². The quantitative estimate of drug-likeness (QED) is 0.715. The number of benzene rings is 2. The van der Waals surface area contributed by atoms with Crippen molar-refractivity contribution >= 4 is 28.4 Å². The van der Waals surface area contributed by atoms with Gasteiger partial charge in [-0.1, -0.05) is 30.3 Å². The van der Waals surface area contributed by atoms with E-state index < -0.39 is 0 Å². The van der Waals surface area contributed by atoms with Gasteiger partial charge in [-0.2, -0.15) is 0 Å². The molecule has 4 rings (SSSR count). The lowest BCUT2D eigenvalue weighted by Crippen LogP contribution is -2.36.